The van der Waals surface area contributed by atoms with Gasteiger partial charge < -0.3 is 9.80 Å². The molecule has 1 aliphatic heterocycles. The lowest BCUT2D eigenvalue weighted by Gasteiger charge is -2.34. The molecule has 1 saturated heterocycles. The Bertz CT molecular complexity index is 468. The number of carbonyl (C=O) groups excluding carboxylic acids is 1. The van der Waals surface area contributed by atoms with E-state index >= 15 is 0 Å². The Morgan fingerprint density at radius 3 is 2.57 bits per heavy atom. The van der Waals surface area contributed by atoms with Crippen LogP contribution in [0.5, 0.6) is 0 Å². The van der Waals surface area contributed by atoms with Gasteiger partial charge in [-0.25, -0.2) is 4.98 Å². The molecule has 1 fully saturated rings. The topological polar surface area (TPSA) is 36.4 Å². The maximum Gasteiger partial charge on any atom is 0.272 e. The van der Waals surface area contributed by atoms with E-state index in [1.807, 2.05) is 4.90 Å². The highest BCUT2D eigenvalue weighted by atomic mass is 35.5. The normalized spacial score (nSPS) is 16.5. The molecule has 1 aromatic rings. The molecular formula is C16H24ClN3O. The van der Waals surface area contributed by atoms with E-state index in [-0.39, 0.29) is 5.91 Å². The van der Waals surface area contributed by atoms with Crippen LogP contribution in [0.1, 0.15) is 37.2 Å². The van der Waals surface area contributed by atoms with Crippen LogP contribution in [0.15, 0.2) is 18.2 Å². The number of piperidine rings is 1. The van der Waals surface area contributed by atoms with Crippen molar-refractivity contribution in [2.45, 2.75) is 26.7 Å². The molecule has 0 saturated carbocycles. The molecule has 2 rings (SSSR count). The molecule has 0 atom stereocenters. The third-order valence-electron chi connectivity index (χ3n) is 4.25. The van der Waals surface area contributed by atoms with Crippen LogP contribution >= 0.6 is 11.6 Å². The molecule has 0 bridgehead atoms. The van der Waals surface area contributed by atoms with Crippen molar-refractivity contribution in [3.63, 3.8) is 0 Å². The van der Waals surface area contributed by atoms with E-state index in [4.69, 9.17) is 11.6 Å². The molecule has 21 heavy (non-hydrogen) atoms. The highest BCUT2D eigenvalue weighted by Gasteiger charge is 2.25. The van der Waals surface area contributed by atoms with E-state index in [2.05, 4.69) is 23.7 Å². The average Bonchev–Trinajstić information content (AvgIpc) is 2.52. The zero-order valence-electron chi connectivity index (χ0n) is 12.9. The van der Waals surface area contributed by atoms with Crippen LogP contribution in [0.4, 0.5) is 0 Å². The standard InChI is InChI=1S/C16H24ClN3O/c1-3-19(4-2)12-13-8-10-20(11-9-13)16(21)14-6-5-7-15(17)18-14/h5-7,13H,3-4,8-12H2,1-2H3. The number of hydrogen-bond acceptors (Lipinski definition) is 3. The predicted molar refractivity (Wildman–Crippen MR) is 85.7 cm³/mol. The van der Waals surface area contributed by atoms with Crippen molar-refractivity contribution in [1.82, 2.24) is 14.8 Å². The van der Waals surface area contributed by atoms with Crippen LogP contribution in [-0.4, -0.2) is 53.4 Å². The molecule has 1 amide bonds. The van der Waals surface area contributed by atoms with Gasteiger partial charge in [0.2, 0.25) is 0 Å². The van der Waals surface area contributed by atoms with Gasteiger partial charge in [-0.3, -0.25) is 4.79 Å². The van der Waals surface area contributed by atoms with Crippen LogP contribution in [0.2, 0.25) is 5.15 Å². The first-order valence-electron chi connectivity index (χ1n) is 7.78. The van der Waals surface area contributed by atoms with E-state index in [1.54, 1.807) is 18.2 Å². The van der Waals surface area contributed by atoms with E-state index in [9.17, 15) is 4.79 Å². The fraction of sp³-hybridized carbons (Fsp3) is 0.625. The van der Waals surface area contributed by atoms with Gasteiger partial charge in [0.1, 0.15) is 10.8 Å². The molecule has 0 aromatic carbocycles. The molecule has 0 unspecified atom stereocenters. The lowest BCUT2D eigenvalue weighted by atomic mass is 9.96. The second-order valence-electron chi connectivity index (χ2n) is 5.57. The number of likely N-dealkylation sites (tertiary alicyclic amines) is 1. The number of nitrogens with zero attached hydrogens (tertiary/aromatic N) is 3. The number of pyridine rings is 1. The first-order valence-corrected chi connectivity index (χ1v) is 8.16. The quantitative estimate of drug-likeness (QED) is 0.785. The summed E-state index contributed by atoms with van der Waals surface area (Å²) < 4.78 is 0. The number of aromatic nitrogens is 1. The molecular weight excluding hydrogens is 286 g/mol. The summed E-state index contributed by atoms with van der Waals surface area (Å²) in [5.41, 5.74) is 0.449. The Morgan fingerprint density at radius 2 is 2.00 bits per heavy atom. The van der Waals surface area contributed by atoms with E-state index in [1.165, 1.54) is 0 Å². The van der Waals surface area contributed by atoms with Gasteiger partial charge in [0.15, 0.2) is 0 Å². The summed E-state index contributed by atoms with van der Waals surface area (Å²) in [7, 11) is 0. The maximum absolute atomic E-state index is 12.4. The van der Waals surface area contributed by atoms with Crippen molar-refractivity contribution in [1.29, 1.82) is 0 Å². The molecule has 0 aliphatic carbocycles. The highest BCUT2D eigenvalue weighted by molar-refractivity contribution is 6.29. The smallest absolute Gasteiger partial charge is 0.272 e. The van der Waals surface area contributed by atoms with Crippen LogP contribution < -0.4 is 0 Å². The SMILES string of the molecule is CCN(CC)CC1CCN(C(=O)c2cccc(Cl)n2)CC1. The largest absolute Gasteiger partial charge is 0.337 e. The molecule has 1 aromatic heterocycles. The van der Waals surface area contributed by atoms with Crippen LogP contribution in [-0.2, 0) is 0 Å². The maximum atomic E-state index is 12.4. The first-order chi connectivity index (χ1) is 10.1. The minimum atomic E-state index is -0.00112. The van der Waals surface area contributed by atoms with Crippen LogP contribution in [0.25, 0.3) is 0 Å². The number of amides is 1. The summed E-state index contributed by atoms with van der Waals surface area (Å²) in [4.78, 5) is 20.9. The second kappa shape index (κ2) is 7.76. The Hall–Kier alpha value is -1.13. The molecule has 4 nitrogen and oxygen atoms in total. The van der Waals surface area contributed by atoms with Gasteiger partial charge in [-0.1, -0.05) is 31.5 Å². The fourth-order valence-electron chi connectivity index (χ4n) is 2.85. The van der Waals surface area contributed by atoms with Gasteiger partial charge in [-0.15, -0.1) is 0 Å². The van der Waals surface area contributed by atoms with Gasteiger partial charge in [-0.05, 0) is 44.0 Å². The number of rotatable bonds is 5. The van der Waals surface area contributed by atoms with Gasteiger partial charge in [0, 0.05) is 19.6 Å². The third-order valence-corrected chi connectivity index (χ3v) is 4.46. The van der Waals surface area contributed by atoms with Gasteiger partial charge in [0.05, 0.1) is 0 Å². The summed E-state index contributed by atoms with van der Waals surface area (Å²) in [5.74, 6) is 0.694. The van der Waals surface area contributed by atoms with E-state index in [0.717, 1.165) is 45.6 Å². The fourth-order valence-corrected chi connectivity index (χ4v) is 3.02. The van der Waals surface area contributed by atoms with Crippen LogP contribution in [0.3, 0.4) is 0 Å². The van der Waals surface area contributed by atoms with Crippen molar-refractivity contribution in [2.75, 3.05) is 32.7 Å². The minimum absolute atomic E-state index is 0.00112. The summed E-state index contributed by atoms with van der Waals surface area (Å²) in [5, 5.41) is 0.372. The first kappa shape index (κ1) is 16.2. The minimum Gasteiger partial charge on any atom is -0.337 e. The molecule has 2 heterocycles. The molecule has 5 heteroatoms. The Morgan fingerprint density at radius 1 is 1.33 bits per heavy atom. The van der Waals surface area contributed by atoms with Crippen molar-refractivity contribution >= 4 is 17.5 Å². The van der Waals surface area contributed by atoms with Gasteiger partial charge >= 0.3 is 0 Å². The molecule has 0 spiro atoms. The summed E-state index contributed by atoms with van der Waals surface area (Å²) >= 11 is 5.85. The summed E-state index contributed by atoms with van der Waals surface area (Å²) in [6.45, 7) is 9.38. The number of halogens is 1. The monoisotopic (exact) mass is 309 g/mol. The van der Waals surface area contributed by atoms with Gasteiger partial charge in [-0.2, -0.15) is 0 Å². The Kier molecular flexibility index (Phi) is 6.00. The van der Waals surface area contributed by atoms with E-state index < -0.39 is 0 Å². The lowest BCUT2D eigenvalue weighted by Crippen LogP contribution is -2.41. The predicted octanol–water partition coefficient (Wildman–Crippen LogP) is 2.93. The van der Waals surface area contributed by atoms with Crippen molar-refractivity contribution in [3.05, 3.63) is 29.0 Å². The zero-order valence-corrected chi connectivity index (χ0v) is 13.6. The van der Waals surface area contributed by atoms with Crippen LogP contribution in [0, 0.1) is 5.92 Å². The highest BCUT2D eigenvalue weighted by Crippen LogP contribution is 2.20. The Balaban J connectivity index is 1.87. The van der Waals surface area contributed by atoms with E-state index in [0.29, 0.717) is 16.8 Å². The summed E-state index contributed by atoms with van der Waals surface area (Å²) in [6, 6.07) is 5.19. The third kappa shape index (κ3) is 4.42. The molecule has 0 N–H and O–H groups in total. The zero-order chi connectivity index (χ0) is 15.2. The van der Waals surface area contributed by atoms with Crippen molar-refractivity contribution in [2.24, 2.45) is 5.92 Å². The number of hydrogen-bond donors (Lipinski definition) is 0. The summed E-state index contributed by atoms with van der Waals surface area (Å²) in [6.07, 6.45) is 2.14. The molecule has 0 radical (unpaired) electrons. The number of carbonyl (C=O) groups is 1. The second-order valence-corrected chi connectivity index (χ2v) is 5.95. The Labute approximate surface area is 132 Å². The average molecular weight is 310 g/mol. The molecule has 116 valence electrons. The van der Waals surface area contributed by atoms with Crippen molar-refractivity contribution in [3.8, 4) is 0 Å². The van der Waals surface area contributed by atoms with Gasteiger partial charge in [0.25, 0.3) is 5.91 Å². The van der Waals surface area contributed by atoms with Crippen molar-refractivity contribution < 1.29 is 4.79 Å². The molecule has 1 aliphatic rings. The lowest BCUT2D eigenvalue weighted by molar-refractivity contribution is 0.0664.